The van der Waals surface area contributed by atoms with Crippen LogP contribution in [0, 0.1) is 0 Å². The summed E-state index contributed by atoms with van der Waals surface area (Å²) in [6.07, 6.45) is 4.56. The maximum Gasteiger partial charge on any atom is 0.262 e. The highest BCUT2D eigenvalue weighted by Crippen LogP contribution is 2.20. The largest absolute Gasteiger partial charge is 0.355 e. The van der Waals surface area contributed by atoms with Crippen LogP contribution in [0.3, 0.4) is 0 Å². The molecule has 0 fully saturated rings. The number of unbranched alkanes of at least 4 members (excludes halogenated alkanes) is 3. The van der Waals surface area contributed by atoms with E-state index in [2.05, 4.69) is 17.2 Å². The van der Waals surface area contributed by atoms with Crippen LogP contribution in [0.15, 0.2) is 21.4 Å². The van der Waals surface area contributed by atoms with Gasteiger partial charge in [0, 0.05) is 13.6 Å². The van der Waals surface area contributed by atoms with Crippen LogP contribution < -0.4 is 10.9 Å². The van der Waals surface area contributed by atoms with E-state index in [9.17, 15) is 9.59 Å². The lowest BCUT2D eigenvalue weighted by Crippen LogP contribution is -2.27. The predicted molar refractivity (Wildman–Crippen MR) is 92.7 cm³/mol. The van der Waals surface area contributed by atoms with Gasteiger partial charge in [-0.15, -0.1) is 11.3 Å². The summed E-state index contributed by atoms with van der Waals surface area (Å²) in [4.78, 5) is 29.1. The van der Waals surface area contributed by atoms with Gasteiger partial charge >= 0.3 is 0 Å². The van der Waals surface area contributed by atoms with E-state index in [1.807, 2.05) is 5.38 Å². The average Bonchev–Trinajstić information content (AvgIpc) is 2.97. The molecule has 2 aromatic heterocycles. The first-order chi connectivity index (χ1) is 10.6. The zero-order chi connectivity index (χ0) is 15.9. The number of nitrogens with zero attached hydrogens (tertiary/aromatic N) is 2. The minimum atomic E-state index is -0.0614. The van der Waals surface area contributed by atoms with Crippen molar-refractivity contribution in [3.63, 3.8) is 0 Å². The molecule has 0 unspecified atom stereocenters. The summed E-state index contributed by atoms with van der Waals surface area (Å²) in [6, 6.07) is 1.78. The Labute approximate surface area is 138 Å². The lowest BCUT2D eigenvalue weighted by atomic mass is 10.2. The Kier molecular flexibility index (Phi) is 6.45. The zero-order valence-corrected chi connectivity index (χ0v) is 14.6. The molecule has 7 heteroatoms. The monoisotopic (exact) mass is 339 g/mol. The van der Waals surface area contributed by atoms with Crippen molar-refractivity contribution in [1.82, 2.24) is 14.9 Å². The summed E-state index contributed by atoms with van der Waals surface area (Å²) in [6.45, 7) is 2.88. The van der Waals surface area contributed by atoms with E-state index in [-0.39, 0.29) is 17.2 Å². The van der Waals surface area contributed by atoms with Gasteiger partial charge in [-0.2, -0.15) is 0 Å². The van der Waals surface area contributed by atoms with Crippen LogP contribution in [0.2, 0.25) is 0 Å². The van der Waals surface area contributed by atoms with Crippen molar-refractivity contribution in [1.29, 1.82) is 0 Å². The second-order valence-corrected chi connectivity index (χ2v) is 6.93. The fraction of sp³-hybridized carbons (Fsp3) is 0.533. The molecule has 5 nitrogen and oxygen atoms in total. The molecular weight excluding hydrogens is 318 g/mol. The highest BCUT2D eigenvalue weighted by atomic mass is 32.2. The molecule has 22 heavy (non-hydrogen) atoms. The first-order valence-corrected chi connectivity index (χ1v) is 9.33. The molecule has 1 N–H and O–H groups in total. The summed E-state index contributed by atoms with van der Waals surface area (Å²) in [5, 5.41) is 5.98. The topological polar surface area (TPSA) is 64.0 Å². The van der Waals surface area contributed by atoms with Crippen LogP contribution in [0.1, 0.15) is 32.6 Å². The Morgan fingerprint density at radius 1 is 1.41 bits per heavy atom. The summed E-state index contributed by atoms with van der Waals surface area (Å²) >= 11 is 2.74. The van der Waals surface area contributed by atoms with Crippen LogP contribution in [0.25, 0.3) is 10.2 Å². The van der Waals surface area contributed by atoms with Gasteiger partial charge in [0.15, 0.2) is 5.16 Å². The van der Waals surface area contributed by atoms with E-state index >= 15 is 0 Å². The number of rotatable bonds is 8. The number of carbonyl (C=O) groups is 1. The van der Waals surface area contributed by atoms with Gasteiger partial charge in [0.1, 0.15) is 4.83 Å². The maximum atomic E-state index is 12.1. The number of thiophene rings is 1. The third kappa shape index (κ3) is 4.33. The molecule has 120 valence electrons. The van der Waals surface area contributed by atoms with Crippen LogP contribution >= 0.6 is 23.1 Å². The summed E-state index contributed by atoms with van der Waals surface area (Å²) in [5.74, 6) is 0.271. The van der Waals surface area contributed by atoms with Gasteiger partial charge in [-0.05, 0) is 17.9 Å². The molecule has 0 aliphatic heterocycles. The molecule has 0 bridgehead atoms. The van der Waals surface area contributed by atoms with Gasteiger partial charge in [0.25, 0.3) is 5.56 Å². The van der Waals surface area contributed by atoms with Crippen molar-refractivity contribution >= 4 is 39.2 Å². The molecule has 1 amide bonds. The standard InChI is InChI=1S/C15H21N3O2S2/c1-3-4-5-6-8-16-12(19)10-22-15-17-13-11(7-9-21-13)14(20)18(15)2/h7,9H,3-6,8,10H2,1-2H3,(H,16,19). The predicted octanol–water partition coefficient (Wildman–Crippen LogP) is 2.78. The van der Waals surface area contributed by atoms with E-state index in [1.54, 1.807) is 13.1 Å². The van der Waals surface area contributed by atoms with Gasteiger partial charge in [0.05, 0.1) is 11.1 Å². The third-order valence-corrected chi connectivity index (χ3v) is 5.19. The summed E-state index contributed by atoms with van der Waals surface area (Å²) in [7, 11) is 1.69. The number of hydrogen-bond acceptors (Lipinski definition) is 5. The Morgan fingerprint density at radius 2 is 2.23 bits per heavy atom. The number of hydrogen-bond donors (Lipinski definition) is 1. The van der Waals surface area contributed by atoms with E-state index < -0.39 is 0 Å². The second-order valence-electron chi connectivity index (χ2n) is 5.10. The van der Waals surface area contributed by atoms with Crippen molar-refractivity contribution < 1.29 is 4.79 Å². The highest BCUT2D eigenvalue weighted by molar-refractivity contribution is 7.99. The molecule has 0 aromatic carbocycles. The molecule has 2 rings (SSSR count). The summed E-state index contributed by atoms with van der Waals surface area (Å²) in [5.41, 5.74) is -0.0614. The van der Waals surface area contributed by atoms with E-state index in [4.69, 9.17) is 0 Å². The van der Waals surface area contributed by atoms with Gasteiger partial charge in [-0.3, -0.25) is 14.2 Å². The van der Waals surface area contributed by atoms with Crippen molar-refractivity contribution in [2.24, 2.45) is 7.05 Å². The minimum absolute atomic E-state index is 0.0120. The molecule has 0 atom stereocenters. The van der Waals surface area contributed by atoms with Crippen molar-refractivity contribution in [3.05, 3.63) is 21.8 Å². The highest BCUT2D eigenvalue weighted by Gasteiger charge is 2.11. The first kappa shape index (κ1) is 17.0. The Hall–Kier alpha value is -1.34. The van der Waals surface area contributed by atoms with E-state index in [0.717, 1.165) is 24.2 Å². The van der Waals surface area contributed by atoms with Crippen molar-refractivity contribution in [2.45, 2.75) is 37.8 Å². The third-order valence-electron chi connectivity index (χ3n) is 3.35. The van der Waals surface area contributed by atoms with Crippen molar-refractivity contribution in [3.8, 4) is 0 Å². The Balaban J connectivity index is 1.87. The number of thioether (sulfide) groups is 1. The van der Waals surface area contributed by atoms with Gasteiger partial charge in [0.2, 0.25) is 5.91 Å². The van der Waals surface area contributed by atoms with Crippen LogP contribution in [0.4, 0.5) is 0 Å². The van der Waals surface area contributed by atoms with Gasteiger partial charge in [-0.1, -0.05) is 37.9 Å². The first-order valence-electron chi connectivity index (χ1n) is 7.47. The molecule has 0 aliphatic carbocycles. The van der Waals surface area contributed by atoms with E-state index in [1.165, 1.54) is 40.5 Å². The van der Waals surface area contributed by atoms with Crippen LogP contribution in [-0.2, 0) is 11.8 Å². The number of fused-ring (bicyclic) bond motifs is 1. The fourth-order valence-electron chi connectivity index (χ4n) is 2.07. The van der Waals surface area contributed by atoms with E-state index in [0.29, 0.717) is 10.5 Å². The molecule has 0 radical (unpaired) electrons. The number of aromatic nitrogens is 2. The number of amides is 1. The molecule has 2 aromatic rings. The van der Waals surface area contributed by atoms with Crippen LogP contribution in [-0.4, -0.2) is 27.8 Å². The average molecular weight is 339 g/mol. The molecule has 0 aliphatic rings. The normalized spacial score (nSPS) is 11.0. The van der Waals surface area contributed by atoms with Gasteiger partial charge < -0.3 is 5.32 Å². The quantitative estimate of drug-likeness (QED) is 0.456. The molecule has 0 saturated carbocycles. The number of carbonyl (C=O) groups excluding carboxylic acids is 1. The Morgan fingerprint density at radius 3 is 3.00 bits per heavy atom. The molecular formula is C15H21N3O2S2. The zero-order valence-electron chi connectivity index (χ0n) is 12.9. The van der Waals surface area contributed by atoms with Gasteiger partial charge in [-0.25, -0.2) is 4.98 Å². The smallest absolute Gasteiger partial charge is 0.262 e. The molecule has 0 saturated heterocycles. The lowest BCUT2D eigenvalue weighted by Gasteiger charge is -2.07. The molecule has 0 spiro atoms. The summed E-state index contributed by atoms with van der Waals surface area (Å²) < 4.78 is 1.51. The van der Waals surface area contributed by atoms with Crippen LogP contribution in [0.5, 0.6) is 0 Å². The SMILES string of the molecule is CCCCCCNC(=O)CSc1nc2sccc2c(=O)n1C. The second kappa shape index (κ2) is 8.33. The van der Waals surface area contributed by atoms with Crippen molar-refractivity contribution in [2.75, 3.05) is 12.3 Å². The molecule has 2 heterocycles. The Bertz CT molecular complexity index is 694. The lowest BCUT2D eigenvalue weighted by molar-refractivity contribution is -0.118. The maximum absolute atomic E-state index is 12.1. The minimum Gasteiger partial charge on any atom is -0.355 e. The fourth-order valence-corrected chi connectivity index (χ4v) is 3.68. The number of nitrogens with one attached hydrogen (secondary N) is 1.